The Morgan fingerprint density at radius 1 is 1.00 bits per heavy atom. The minimum atomic E-state index is -4.31. The van der Waals surface area contributed by atoms with Gasteiger partial charge in [-0.25, -0.2) is 0 Å². The van der Waals surface area contributed by atoms with Crippen LogP contribution < -0.4 is 5.32 Å². The van der Waals surface area contributed by atoms with Crippen molar-refractivity contribution in [3.8, 4) is 0 Å². The molecule has 1 rings (SSSR count). The summed E-state index contributed by atoms with van der Waals surface area (Å²) >= 11 is 16.9. The number of hydrogen-bond donors (Lipinski definition) is 1. The van der Waals surface area contributed by atoms with E-state index >= 15 is 0 Å². The lowest BCUT2D eigenvalue weighted by atomic mass is 10.3. The summed E-state index contributed by atoms with van der Waals surface area (Å²) < 4.78 is 35.7. The standard InChI is InChI=1S/C8H5Cl3F3N/c9-4-1-6(11)7(2-5(4)10)15-3-8(12,13)14/h1-2,15H,3H2. The Morgan fingerprint density at radius 3 is 2.07 bits per heavy atom. The second-order valence-electron chi connectivity index (χ2n) is 2.71. The van der Waals surface area contributed by atoms with Crippen molar-refractivity contribution in [1.29, 1.82) is 0 Å². The number of halogens is 6. The lowest BCUT2D eigenvalue weighted by Crippen LogP contribution is -2.21. The normalized spacial score (nSPS) is 11.6. The Labute approximate surface area is 99.1 Å². The Balaban J connectivity index is 2.82. The van der Waals surface area contributed by atoms with E-state index in [1.807, 2.05) is 0 Å². The molecule has 15 heavy (non-hydrogen) atoms. The first-order chi connectivity index (χ1) is 6.79. The molecule has 0 aromatic heterocycles. The fraction of sp³-hybridized carbons (Fsp3) is 0.250. The third kappa shape index (κ3) is 3.97. The molecule has 84 valence electrons. The lowest BCUT2D eigenvalue weighted by molar-refractivity contribution is -0.115. The molecule has 0 heterocycles. The third-order valence-corrected chi connectivity index (χ3v) is 2.52. The van der Waals surface area contributed by atoms with Crippen molar-refractivity contribution in [2.45, 2.75) is 6.18 Å². The van der Waals surface area contributed by atoms with Gasteiger partial charge in [-0.05, 0) is 12.1 Å². The van der Waals surface area contributed by atoms with Gasteiger partial charge in [-0.3, -0.25) is 0 Å². The van der Waals surface area contributed by atoms with Gasteiger partial charge in [0.2, 0.25) is 0 Å². The van der Waals surface area contributed by atoms with E-state index in [4.69, 9.17) is 34.8 Å². The maximum Gasteiger partial charge on any atom is 0.405 e. The van der Waals surface area contributed by atoms with Crippen LogP contribution in [0.15, 0.2) is 12.1 Å². The summed E-state index contributed by atoms with van der Waals surface area (Å²) in [6.07, 6.45) is -4.31. The molecule has 0 saturated heterocycles. The molecule has 0 bridgehead atoms. The number of hydrogen-bond acceptors (Lipinski definition) is 1. The van der Waals surface area contributed by atoms with Crippen molar-refractivity contribution >= 4 is 40.5 Å². The minimum absolute atomic E-state index is 0.0913. The fourth-order valence-corrected chi connectivity index (χ4v) is 1.47. The van der Waals surface area contributed by atoms with E-state index < -0.39 is 12.7 Å². The Bertz CT molecular complexity index is 365. The highest BCUT2D eigenvalue weighted by Crippen LogP contribution is 2.32. The van der Waals surface area contributed by atoms with Gasteiger partial charge in [0.25, 0.3) is 0 Å². The van der Waals surface area contributed by atoms with Crippen LogP contribution in [0, 0.1) is 0 Å². The minimum Gasteiger partial charge on any atom is -0.375 e. The van der Waals surface area contributed by atoms with Gasteiger partial charge < -0.3 is 5.32 Å². The van der Waals surface area contributed by atoms with Crippen LogP contribution in [-0.4, -0.2) is 12.7 Å². The summed E-state index contributed by atoms with van der Waals surface area (Å²) in [7, 11) is 0. The van der Waals surface area contributed by atoms with Crippen LogP contribution >= 0.6 is 34.8 Å². The second-order valence-corrected chi connectivity index (χ2v) is 3.94. The van der Waals surface area contributed by atoms with E-state index in [0.29, 0.717) is 0 Å². The van der Waals surface area contributed by atoms with E-state index in [1.54, 1.807) is 0 Å². The smallest absolute Gasteiger partial charge is 0.375 e. The summed E-state index contributed by atoms with van der Waals surface area (Å²) in [6, 6.07) is 2.53. The van der Waals surface area contributed by atoms with E-state index in [9.17, 15) is 13.2 Å². The van der Waals surface area contributed by atoms with Crippen LogP contribution in [-0.2, 0) is 0 Å². The van der Waals surface area contributed by atoms with Crippen LogP contribution in [0.3, 0.4) is 0 Å². The number of alkyl halides is 3. The molecule has 0 saturated carbocycles. The first-order valence-corrected chi connectivity index (χ1v) is 4.88. The van der Waals surface area contributed by atoms with Gasteiger partial charge in [-0.2, -0.15) is 13.2 Å². The average Bonchev–Trinajstić information content (AvgIpc) is 2.07. The van der Waals surface area contributed by atoms with Gasteiger partial charge in [0.05, 0.1) is 20.8 Å². The summed E-state index contributed by atoms with van der Waals surface area (Å²) in [6.45, 7) is -1.18. The van der Waals surface area contributed by atoms with Crippen molar-refractivity contribution < 1.29 is 13.2 Å². The number of anilines is 1. The van der Waals surface area contributed by atoms with Crippen molar-refractivity contribution in [2.75, 3.05) is 11.9 Å². The predicted molar refractivity (Wildman–Crippen MR) is 56.0 cm³/mol. The van der Waals surface area contributed by atoms with Crippen LogP contribution in [0.4, 0.5) is 18.9 Å². The zero-order chi connectivity index (χ0) is 11.6. The first-order valence-electron chi connectivity index (χ1n) is 3.75. The molecule has 1 N–H and O–H groups in total. The first kappa shape index (κ1) is 12.7. The topological polar surface area (TPSA) is 12.0 Å². The summed E-state index contributed by atoms with van der Waals surface area (Å²) in [5.74, 6) is 0. The van der Waals surface area contributed by atoms with Crippen molar-refractivity contribution in [1.82, 2.24) is 0 Å². The molecular weight excluding hydrogens is 273 g/mol. The van der Waals surface area contributed by atoms with Crippen molar-refractivity contribution in [2.24, 2.45) is 0 Å². The molecule has 0 aliphatic heterocycles. The lowest BCUT2D eigenvalue weighted by Gasteiger charge is -2.11. The SMILES string of the molecule is FC(F)(F)CNc1cc(Cl)c(Cl)cc1Cl. The Kier molecular flexibility index (Phi) is 3.98. The van der Waals surface area contributed by atoms with Gasteiger partial charge in [0.15, 0.2) is 0 Å². The molecule has 0 fully saturated rings. The number of nitrogens with one attached hydrogen (secondary N) is 1. The number of benzene rings is 1. The Hall–Kier alpha value is -0.320. The maximum absolute atomic E-state index is 11.9. The molecule has 1 aromatic carbocycles. The summed E-state index contributed by atoms with van der Waals surface area (Å²) in [4.78, 5) is 0. The van der Waals surface area contributed by atoms with Crippen molar-refractivity contribution in [3.63, 3.8) is 0 Å². The highest BCUT2D eigenvalue weighted by molar-refractivity contribution is 6.44. The highest BCUT2D eigenvalue weighted by atomic mass is 35.5. The van der Waals surface area contributed by atoms with Gasteiger partial charge in [0, 0.05) is 0 Å². The van der Waals surface area contributed by atoms with E-state index in [2.05, 4.69) is 5.32 Å². The maximum atomic E-state index is 11.9. The average molecular weight is 278 g/mol. The molecule has 1 nitrogen and oxygen atoms in total. The zero-order valence-electron chi connectivity index (χ0n) is 7.13. The molecule has 0 aliphatic carbocycles. The summed E-state index contributed by atoms with van der Waals surface area (Å²) in [5, 5.41) is 2.55. The van der Waals surface area contributed by atoms with Gasteiger partial charge in [0.1, 0.15) is 6.54 Å². The van der Waals surface area contributed by atoms with Crippen LogP contribution in [0.2, 0.25) is 15.1 Å². The Morgan fingerprint density at radius 2 is 1.53 bits per heavy atom. The predicted octanol–water partition coefficient (Wildman–Crippen LogP) is 4.62. The van der Waals surface area contributed by atoms with Gasteiger partial charge in [-0.15, -0.1) is 0 Å². The van der Waals surface area contributed by atoms with Crippen LogP contribution in [0.1, 0.15) is 0 Å². The molecule has 0 spiro atoms. The third-order valence-electron chi connectivity index (χ3n) is 1.49. The molecule has 0 unspecified atom stereocenters. The molecule has 7 heteroatoms. The monoisotopic (exact) mass is 277 g/mol. The van der Waals surface area contributed by atoms with E-state index in [0.717, 1.165) is 0 Å². The van der Waals surface area contributed by atoms with Gasteiger partial charge in [-0.1, -0.05) is 34.8 Å². The van der Waals surface area contributed by atoms with E-state index in [-0.39, 0.29) is 20.8 Å². The molecule has 0 atom stereocenters. The highest BCUT2D eigenvalue weighted by Gasteiger charge is 2.27. The zero-order valence-corrected chi connectivity index (χ0v) is 9.40. The molecule has 0 radical (unpaired) electrons. The van der Waals surface area contributed by atoms with Crippen molar-refractivity contribution in [3.05, 3.63) is 27.2 Å². The second kappa shape index (κ2) is 4.68. The van der Waals surface area contributed by atoms with Gasteiger partial charge >= 0.3 is 6.18 Å². The molecule has 0 amide bonds. The quantitative estimate of drug-likeness (QED) is 0.778. The molecule has 0 aliphatic rings. The molecule has 1 aromatic rings. The number of rotatable bonds is 2. The molecular formula is C8H5Cl3F3N. The van der Waals surface area contributed by atoms with Crippen LogP contribution in [0.5, 0.6) is 0 Å². The fourth-order valence-electron chi connectivity index (χ4n) is 0.853. The van der Waals surface area contributed by atoms with E-state index in [1.165, 1.54) is 12.1 Å². The van der Waals surface area contributed by atoms with Crippen LogP contribution in [0.25, 0.3) is 0 Å². The summed E-state index contributed by atoms with van der Waals surface area (Å²) in [5.41, 5.74) is 0.100. The largest absolute Gasteiger partial charge is 0.405 e.